The van der Waals surface area contributed by atoms with E-state index in [1.165, 1.54) is 0 Å². The van der Waals surface area contributed by atoms with E-state index >= 15 is 0 Å². The number of terminal acetylenes is 1. The molecule has 5 heteroatoms. The molecule has 0 aliphatic carbocycles. The summed E-state index contributed by atoms with van der Waals surface area (Å²) >= 11 is 0. The smallest absolute Gasteiger partial charge is 0.236 e. The maximum atomic E-state index is 12.3. The lowest BCUT2D eigenvalue weighted by molar-refractivity contribution is -0.157. The van der Waals surface area contributed by atoms with Crippen LogP contribution in [-0.4, -0.2) is 32.1 Å². The van der Waals surface area contributed by atoms with Gasteiger partial charge in [-0.1, -0.05) is 51.1 Å². The van der Waals surface area contributed by atoms with E-state index in [0.717, 1.165) is 5.56 Å². The minimum atomic E-state index is -2.14. The van der Waals surface area contributed by atoms with E-state index in [9.17, 15) is 4.79 Å². The average molecular weight is 375 g/mol. The Balaban J connectivity index is 2.47. The summed E-state index contributed by atoms with van der Waals surface area (Å²) in [6.45, 7) is 14.5. The molecule has 1 aliphatic heterocycles. The fraction of sp³-hybridized carbons (Fsp3) is 0.571. The van der Waals surface area contributed by atoms with Gasteiger partial charge in [0, 0.05) is 0 Å². The Labute approximate surface area is 158 Å². The van der Waals surface area contributed by atoms with Crippen LogP contribution in [0.5, 0.6) is 0 Å². The Morgan fingerprint density at radius 3 is 2.31 bits per heavy atom. The van der Waals surface area contributed by atoms with Crippen molar-refractivity contribution in [1.29, 1.82) is 0 Å². The number of benzene rings is 1. The molecule has 26 heavy (non-hydrogen) atoms. The van der Waals surface area contributed by atoms with Crippen molar-refractivity contribution < 1.29 is 18.7 Å². The van der Waals surface area contributed by atoms with E-state index in [2.05, 4.69) is 39.8 Å². The molecular formula is C21H30O4Si. The van der Waals surface area contributed by atoms with Gasteiger partial charge < -0.3 is 13.9 Å². The summed E-state index contributed by atoms with van der Waals surface area (Å²) in [6, 6.07) is 9.84. The Hall–Kier alpha value is -1.45. The van der Waals surface area contributed by atoms with Crippen LogP contribution in [0.2, 0.25) is 18.1 Å². The van der Waals surface area contributed by atoms with Gasteiger partial charge in [-0.15, -0.1) is 6.42 Å². The van der Waals surface area contributed by atoms with Crippen LogP contribution < -0.4 is 0 Å². The number of carbonyl (C=O) groups is 1. The Kier molecular flexibility index (Phi) is 5.84. The summed E-state index contributed by atoms with van der Waals surface area (Å²) in [5.41, 5.74) is 0.957. The number of hydrogen-bond donors (Lipinski definition) is 0. The van der Waals surface area contributed by atoms with Crippen LogP contribution >= 0.6 is 0 Å². The third-order valence-electron chi connectivity index (χ3n) is 5.18. The summed E-state index contributed by atoms with van der Waals surface area (Å²) in [4.78, 5) is 12.3. The lowest BCUT2D eigenvalue weighted by Gasteiger charge is -2.41. The molecule has 1 fully saturated rings. The van der Waals surface area contributed by atoms with Crippen LogP contribution in [0, 0.1) is 12.3 Å². The largest absolute Gasteiger partial charge is 0.407 e. The molecule has 1 heterocycles. The number of rotatable bonds is 5. The monoisotopic (exact) mass is 374 g/mol. The molecule has 4 nitrogen and oxygen atoms in total. The van der Waals surface area contributed by atoms with Crippen molar-refractivity contribution in [3.05, 3.63) is 35.9 Å². The molecule has 0 saturated carbocycles. The highest BCUT2D eigenvalue weighted by Crippen LogP contribution is 2.44. The molecule has 1 aromatic rings. The maximum absolute atomic E-state index is 12.3. The fourth-order valence-corrected chi connectivity index (χ4v) is 4.02. The van der Waals surface area contributed by atoms with Crippen molar-refractivity contribution in [3.8, 4) is 12.3 Å². The molecule has 0 N–H and O–H groups in total. The maximum Gasteiger partial charge on any atom is 0.236 e. The normalized spacial score (nSPS) is 24.1. The van der Waals surface area contributed by atoms with E-state index < -0.39 is 38.2 Å². The highest BCUT2D eigenvalue weighted by molar-refractivity contribution is 6.74. The minimum Gasteiger partial charge on any atom is -0.407 e. The first-order valence-corrected chi connectivity index (χ1v) is 11.9. The highest BCUT2D eigenvalue weighted by Gasteiger charge is 2.51. The van der Waals surface area contributed by atoms with Crippen LogP contribution in [0.4, 0.5) is 0 Å². The molecule has 0 bridgehead atoms. The van der Waals surface area contributed by atoms with E-state index in [4.69, 9.17) is 20.3 Å². The third-order valence-corrected chi connectivity index (χ3v) is 9.64. The van der Waals surface area contributed by atoms with Crippen molar-refractivity contribution in [1.82, 2.24) is 0 Å². The fourth-order valence-electron chi connectivity index (χ4n) is 2.76. The molecule has 0 amide bonds. The summed E-state index contributed by atoms with van der Waals surface area (Å²) in [6.07, 6.45) is 3.51. The number of ether oxygens (including phenoxy) is 2. The third kappa shape index (κ3) is 4.44. The minimum absolute atomic E-state index is 0.0145. The molecule has 1 aliphatic rings. The van der Waals surface area contributed by atoms with Crippen LogP contribution in [0.15, 0.2) is 30.3 Å². The van der Waals surface area contributed by atoms with Gasteiger partial charge in [-0.05, 0) is 43.5 Å². The molecule has 1 saturated heterocycles. The molecule has 142 valence electrons. The highest BCUT2D eigenvalue weighted by atomic mass is 28.4. The van der Waals surface area contributed by atoms with Gasteiger partial charge >= 0.3 is 0 Å². The Bertz CT molecular complexity index is 682. The number of ketones is 1. The molecular weight excluding hydrogens is 344 g/mol. The van der Waals surface area contributed by atoms with E-state index in [-0.39, 0.29) is 5.04 Å². The van der Waals surface area contributed by atoms with Crippen molar-refractivity contribution in [3.63, 3.8) is 0 Å². The molecule has 0 radical (unpaired) electrons. The molecule has 0 unspecified atom stereocenters. The van der Waals surface area contributed by atoms with Crippen molar-refractivity contribution in [2.75, 3.05) is 0 Å². The van der Waals surface area contributed by atoms with Gasteiger partial charge in [-0.2, -0.15) is 0 Å². The lowest BCUT2D eigenvalue weighted by atomic mass is 9.98. The quantitative estimate of drug-likeness (QED) is 0.433. The second kappa shape index (κ2) is 7.28. The van der Waals surface area contributed by atoms with E-state index in [0.29, 0.717) is 0 Å². The van der Waals surface area contributed by atoms with Crippen LogP contribution in [-0.2, 0) is 18.7 Å². The van der Waals surface area contributed by atoms with E-state index in [1.807, 2.05) is 30.3 Å². The standard InChI is InChI=1S/C21H30O4Si/c1-9-16(22)18-19(24-21(5,6)23-18)17(15-13-11-10-12-14-15)25-26(7,8)20(2,3)4/h1,10-14,17-19H,2-8H3/t17-,18-,19-/m1/s1. The van der Waals surface area contributed by atoms with Gasteiger partial charge in [0.05, 0.1) is 6.10 Å². The molecule has 1 aromatic carbocycles. The van der Waals surface area contributed by atoms with Crippen LogP contribution in [0.1, 0.15) is 46.3 Å². The first kappa shape index (κ1) is 20.9. The number of Topliss-reactive ketones (excluding diaryl/α,β-unsaturated/α-hetero) is 1. The first-order chi connectivity index (χ1) is 11.9. The summed E-state index contributed by atoms with van der Waals surface area (Å²) in [7, 11) is -2.14. The molecule has 2 rings (SSSR count). The van der Waals surface area contributed by atoms with Gasteiger partial charge in [0.15, 0.2) is 20.2 Å². The number of hydrogen-bond acceptors (Lipinski definition) is 4. The van der Waals surface area contributed by atoms with Gasteiger partial charge in [0.25, 0.3) is 0 Å². The van der Waals surface area contributed by atoms with Crippen molar-refractivity contribution >= 4 is 14.1 Å². The molecule has 0 spiro atoms. The summed E-state index contributed by atoms with van der Waals surface area (Å²) in [5.74, 6) is 0.872. The zero-order valence-corrected chi connectivity index (χ0v) is 17.8. The molecule has 0 aromatic heterocycles. The van der Waals surface area contributed by atoms with Gasteiger partial charge in [0.1, 0.15) is 6.10 Å². The zero-order valence-electron chi connectivity index (χ0n) is 16.8. The predicted molar refractivity (Wildman–Crippen MR) is 105 cm³/mol. The summed E-state index contributed by atoms with van der Waals surface area (Å²) < 4.78 is 18.7. The predicted octanol–water partition coefficient (Wildman–Crippen LogP) is 4.47. The topological polar surface area (TPSA) is 44.8 Å². The zero-order chi connectivity index (χ0) is 19.8. The van der Waals surface area contributed by atoms with Crippen LogP contribution in [0.25, 0.3) is 0 Å². The summed E-state index contributed by atoms with van der Waals surface area (Å²) in [5, 5.41) is 0.0145. The Morgan fingerprint density at radius 1 is 1.23 bits per heavy atom. The van der Waals surface area contributed by atoms with E-state index in [1.54, 1.807) is 13.8 Å². The van der Waals surface area contributed by atoms with Gasteiger partial charge in [-0.3, -0.25) is 4.79 Å². The second-order valence-electron chi connectivity index (χ2n) is 8.74. The first-order valence-electron chi connectivity index (χ1n) is 8.97. The average Bonchev–Trinajstić information content (AvgIpc) is 2.87. The SMILES string of the molecule is C#CC(=O)[C@H]1OC(C)(C)O[C@@H]1[C@H](O[Si](C)(C)C(C)(C)C)c1ccccc1. The van der Waals surface area contributed by atoms with Gasteiger partial charge in [-0.25, -0.2) is 0 Å². The lowest BCUT2D eigenvalue weighted by Crippen LogP contribution is -2.46. The molecule has 3 atom stereocenters. The van der Waals surface area contributed by atoms with Crippen LogP contribution in [0.3, 0.4) is 0 Å². The number of carbonyl (C=O) groups excluding carboxylic acids is 1. The Morgan fingerprint density at radius 2 is 1.81 bits per heavy atom. The van der Waals surface area contributed by atoms with Crippen molar-refractivity contribution in [2.45, 2.75) is 76.8 Å². The van der Waals surface area contributed by atoms with Crippen molar-refractivity contribution in [2.24, 2.45) is 0 Å². The van der Waals surface area contributed by atoms with Gasteiger partial charge in [0.2, 0.25) is 5.78 Å². The second-order valence-corrected chi connectivity index (χ2v) is 13.5.